The molecule has 3 nitrogen and oxygen atoms in total. The first-order valence-electron chi connectivity index (χ1n) is 6.71. The molecule has 4 heteroatoms. The number of aromatic amines is 1. The Morgan fingerprint density at radius 3 is 2.32 bits per heavy atom. The fourth-order valence-electron chi connectivity index (χ4n) is 2.38. The number of nitrogens with one attached hydrogen (secondary N) is 1. The van der Waals surface area contributed by atoms with E-state index in [0.29, 0.717) is 11.1 Å². The highest BCUT2D eigenvalue weighted by atomic mass is 32.1. The Morgan fingerprint density at radius 1 is 0.909 bits per heavy atom. The summed E-state index contributed by atoms with van der Waals surface area (Å²) in [5.41, 5.74) is 3.62. The van der Waals surface area contributed by atoms with Gasteiger partial charge in [0.1, 0.15) is 6.07 Å². The van der Waals surface area contributed by atoms with Crippen molar-refractivity contribution < 1.29 is 0 Å². The van der Waals surface area contributed by atoms with Crippen LogP contribution in [0.2, 0.25) is 0 Å². The number of nitrogens with zero attached hydrogens (tertiary/aromatic N) is 1. The van der Waals surface area contributed by atoms with E-state index in [-0.39, 0.29) is 10.6 Å². The van der Waals surface area contributed by atoms with Crippen LogP contribution < -0.4 is 5.56 Å². The number of pyridine rings is 1. The summed E-state index contributed by atoms with van der Waals surface area (Å²) < 4.78 is 0. The second-order valence-electron chi connectivity index (χ2n) is 4.83. The maximum Gasteiger partial charge on any atom is 0.249 e. The topological polar surface area (TPSA) is 56.6 Å². The van der Waals surface area contributed by atoms with Gasteiger partial charge in [-0.25, -0.2) is 0 Å². The molecule has 0 unspecified atom stereocenters. The molecule has 0 spiro atoms. The lowest BCUT2D eigenvalue weighted by Crippen LogP contribution is -2.07. The Hall–Kier alpha value is -2.77. The molecule has 106 valence electrons. The van der Waals surface area contributed by atoms with Crippen molar-refractivity contribution in [3.05, 3.63) is 76.6 Å². The normalized spacial score (nSPS) is 10.2. The molecule has 0 aliphatic rings. The molecule has 0 bridgehead atoms. The van der Waals surface area contributed by atoms with E-state index in [0.717, 1.165) is 16.7 Å². The maximum absolute atomic E-state index is 11.7. The summed E-state index contributed by atoms with van der Waals surface area (Å²) in [7, 11) is 0. The van der Waals surface area contributed by atoms with E-state index >= 15 is 0 Å². The van der Waals surface area contributed by atoms with Crippen molar-refractivity contribution in [2.75, 3.05) is 0 Å². The summed E-state index contributed by atoms with van der Waals surface area (Å²) in [4.78, 5) is 14.2. The molecule has 2 aromatic carbocycles. The predicted molar refractivity (Wildman–Crippen MR) is 89.9 cm³/mol. The van der Waals surface area contributed by atoms with Crippen LogP contribution in [0, 0.1) is 11.3 Å². The van der Waals surface area contributed by atoms with Gasteiger partial charge in [-0.05, 0) is 22.8 Å². The van der Waals surface area contributed by atoms with E-state index in [1.54, 1.807) is 0 Å². The minimum absolute atomic E-state index is 0.274. The van der Waals surface area contributed by atoms with Crippen LogP contribution in [0.15, 0.2) is 70.5 Å². The van der Waals surface area contributed by atoms with Gasteiger partial charge in [0.05, 0.1) is 10.6 Å². The molecule has 1 aromatic heterocycles. The SMILES string of the molecule is N#Cc1c(-c2cccc(-c3ccccc3)c2)cc(=O)[nH]c1S. The van der Waals surface area contributed by atoms with Crippen LogP contribution in [0.4, 0.5) is 0 Å². The van der Waals surface area contributed by atoms with Crippen molar-refractivity contribution in [1.82, 2.24) is 4.98 Å². The van der Waals surface area contributed by atoms with E-state index in [4.69, 9.17) is 0 Å². The Kier molecular flexibility index (Phi) is 3.82. The highest BCUT2D eigenvalue weighted by Gasteiger charge is 2.11. The van der Waals surface area contributed by atoms with Gasteiger partial charge in [0.2, 0.25) is 5.56 Å². The molecule has 0 saturated carbocycles. The van der Waals surface area contributed by atoms with Gasteiger partial charge in [0, 0.05) is 11.6 Å². The van der Waals surface area contributed by atoms with Gasteiger partial charge in [-0.2, -0.15) is 5.26 Å². The van der Waals surface area contributed by atoms with Crippen LogP contribution in [0.25, 0.3) is 22.3 Å². The van der Waals surface area contributed by atoms with Crippen LogP contribution in [0.1, 0.15) is 5.56 Å². The molecule has 0 fully saturated rings. The molecule has 3 aromatic rings. The first-order valence-corrected chi connectivity index (χ1v) is 7.16. The van der Waals surface area contributed by atoms with Crippen molar-refractivity contribution in [1.29, 1.82) is 5.26 Å². The molecule has 0 atom stereocenters. The van der Waals surface area contributed by atoms with Crippen LogP contribution >= 0.6 is 12.6 Å². The molecular weight excluding hydrogens is 292 g/mol. The summed E-state index contributed by atoms with van der Waals surface area (Å²) in [6.07, 6.45) is 0. The molecule has 0 saturated heterocycles. The van der Waals surface area contributed by atoms with Gasteiger partial charge in [0.25, 0.3) is 0 Å². The molecule has 1 N–H and O–H groups in total. The molecule has 0 radical (unpaired) electrons. The van der Waals surface area contributed by atoms with Gasteiger partial charge in [-0.3, -0.25) is 4.79 Å². The highest BCUT2D eigenvalue weighted by molar-refractivity contribution is 7.80. The van der Waals surface area contributed by atoms with Gasteiger partial charge in [0.15, 0.2) is 0 Å². The zero-order valence-corrected chi connectivity index (χ0v) is 12.5. The fraction of sp³-hybridized carbons (Fsp3) is 0. The lowest BCUT2D eigenvalue weighted by molar-refractivity contribution is 1.07. The second kappa shape index (κ2) is 5.92. The number of benzene rings is 2. The third kappa shape index (κ3) is 2.67. The third-order valence-electron chi connectivity index (χ3n) is 3.42. The summed E-state index contributed by atoms with van der Waals surface area (Å²) in [6, 6.07) is 21.3. The molecular formula is C18H12N2OS. The Morgan fingerprint density at radius 2 is 1.59 bits per heavy atom. The minimum atomic E-state index is -0.274. The Labute approximate surface area is 133 Å². The molecule has 0 aliphatic carbocycles. The van der Waals surface area contributed by atoms with Crippen molar-refractivity contribution in [3.63, 3.8) is 0 Å². The quantitative estimate of drug-likeness (QED) is 0.706. The fourth-order valence-corrected chi connectivity index (χ4v) is 2.66. The zero-order chi connectivity index (χ0) is 15.5. The van der Waals surface area contributed by atoms with E-state index in [1.165, 1.54) is 6.07 Å². The Bertz CT molecular complexity index is 924. The number of thiol groups is 1. The van der Waals surface area contributed by atoms with Gasteiger partial charge >= 0.3 is 0 Å². The number of rotatable bonds is 2. The number of hydrogen-bond acceptors (Lipinski definition) is 3. The standard InChI is InChI=1S/C18H12N2OS/c19-11-16-15(10-17(21)20-18(16)22)14-8-4-7-13(9-14)12-5-2-1-3-6-12/h1-10H,(H2,20,21,22). The summed E-state index contributed by atoms with van der Waals surface area (Å²) in [6.45, 7) is 0. The van der Waals surface area contributed by atoms with E-state index in [2.05, 4.69) is 23.7 Å². The predicted octanol–water partition coefficient (Wildman–Crippen LogP) is 3.87. The van der Waals surface area contributed by atoms with Crippen LogP contribution in [0.3, 0.4) is 0 Å². The summed E-state index contributed by atoms with van der Waals surface area (Å²) in [5, 5.41) is 9.60. The minimum Gasteiger partial charge on any atom is -0.316 e. The van der Waals surface area contributed by atoms with Crippen molar-refractivity contribution in [2.45, 2.75) is 5.03 Å². The highest BCUT2D eigenvalue weighted by Crippen LogP contribution is 2.29. The van der Waals surface area contributed by atoms with Crippen molar-refractivity contribution >= 4 is 12.6 Å². The van der Waals surface area contributed by atoms with Gasteiger partial charge < -0.3 is 4.98 Å². The zero-order valence-electron chi connectivity index (χ0n) is 11.6. The molecule has 0 aliphatic heterocycles. The van der Waals surface area contributed by atoms with Crippen LogP contribution in [-0.2, 0) is 0 Å². The van der Waals surface area contributed by atoms with Gasteiger partial charge in [-0.15, -0.1) is 12.6 Å². The third-order valence-corrected chi connectivity index (χ3v) is 3.75. The average Bonchev–Trinajstić information content (AvgIpc) is 2.55. The lowest BCUT2D eigenvalue weighted by atomic mass is 9.97. The summed E-state index contributed by atoms with van der Waals surface area (Å²) >= 11 is 4.19. The van der Waals surface area contributed by atoms with E-state index < -0.39 is 0 Å². The number of aromatic nitrogens is 1. The van der Waals surface area contributed by atoms with Crippen molar-refractivity contribution in [3.8, 4) is 28.3 Å². The first-order chi connectivity index (χ1) is 10.7. The van der Waals surface area contributed by atoms with Crippen LogP contribution in [0.5, 0.6) is 0 Å². The largest absolute Gasteiger partial charge is 0.316 e. The van der Waals surface area contributed by atoms with Crippen LogP contribution in [-0.4, -0.2) is 4.98 Å². The van der Waals surface area contributed by atoms with Crippen molar-refractivity contribution in [2.24, 2.45) is 0 Å². The molecule has 22 heavy (non-hydrogen) atoms. The van der Waals surface area contributed by atoms with E-state index in [9.17, 15) is 10.1 Å². The first kappa shape index (κ1) is 14.2. The van der Waals surface area contributed by atoms with E-state index in [1.807, 2.05) is 54.6 Å². The van der Waals surface area contributed by atoms with Gasteiger partial charge in [-0.1, -0.05) is 48.5 Å². The molecule has 1 heterocycles. The average molecular weight is 304 g/mol. The number of hydrogen-bond donors (Lipinski definition) is 2. The molecule has 0 amide bonds. The maximum atomic E-state index is 11.7. The number of H-pyrrole nitrogens is 1. The summed E-state index contributed by atoms with van der Waals surface area (Å²) in [5.74, 6) is 0. The molecule has 3 rings (SSSR count). The Balaban J connectivity index is 2.19. The lowest BCUT2D eigenvalue weighted by Gasteiger charge is -2.08. The number of nitriles is 1. The monoisotopic (exact) mass is 304 g/mol. The smallest absolute Gasteiger partial charge is 0.249 e. The second-order valence-corrected chi connectivity index (χ2v) is 5.28.